The topological polar surface area (TPSA) is 102 Å². The molecule has 0 spiro atoms. The molecule has 8 heteroatoms. The van der Waals surface area contributed by atoms with Gasteiger partial charge < -0.3 is 15.4 Å². The molecule has 2 N–H and O–H groups in total. The summed E-state index contributed by atoms with van der Waals surface area (Å²) >= 11 is 0. The van der Waals surface area contributed by atoms with Crippen LogP contribution in [-0.4, -0.2) is 32.6 Å². The molecule has 25 heavy (non-hydrogen) atoms. The maximum Gasteiger partial charge on any atom is 0.265 e. The molecule has 0 radical (unpaired) electrons. The number of carbonyl (C=O) groups excluding carboxylic acids is 2. The first-order valence-corrected chi connectivity index (χ1v) is 9.37. The molecule has 2 amide bonds. The molecule has 1 unspecified atom stereocenters. The molecule has 0 bridgehead atoms. The van der Waals surface area contributed by atoms with Gasteiger partial charge in [-0.3, -0.25) is 9.59 Å². The van der Waals surface area contributed by atoms with Crippen molar-refractivity contribution in [1.82, 2.24) is 0 Å². The zero-order valence-electron chi connectivity index (χ0n) is 13.6. The van der Waals surface area contributed by atoms with Crippen molar-refractivity contribution in [3.63, 3.8) is 0 Å². The van der Waals surface area contributed by atoms with Crippen molar-refractivity contribution in [3.8, 4) is 5.75 Å². The van der Waals surface area contributed by atoms with E-state index in [2.05, 4.69) is 10.6 Å². The Hall–Kier alpha value is -2.87. The normalized spacial score (nSPS) is 16.4. The Morgan fingerprint density at radius 3 is 2.64 bits per heavy atom. The van der Waals surface area contributed by atoms with Gasteiger partial charge in [0, 0.05) is 11.9 Å². The average Bonchev–Trinajstić information content (AvgIpc) is 2.55. The van der Waals surface area contributed by atoms with Crippen LogP contribution in [0.1, 0.15) is 17.3 Å². The van der Waals surface area contributed by atoms with Crippen molar-refractivity contribution in [2.75, 3.05) is 16.9 Å². The summed E-state index contributed by atoms with van der Waals surface area (Å²) in [6.07, 6.45) is 0.459. The van der Waals surface area contributed by atoms with Crippen LogP contribution < -0.4 is 15.4 Å². The van der Waals surface area contributed by atoms with Gasteiger partial charge >= 0.3 is 0 Å². The standard InChI is InChI=1S/C17H16N2O5S/c1-10-16(20)19-13-9-11(7-8-14(13)24-10)18-17(21)12-5-3-4-6-15(12)25(2,22)23/h3-10H,1-2H3,(H,18,21)(H,19,20). The van der Waals surface area contributed by atoms with Gasteiger partial charge in [-0.2, -0.15) is 0 Å². The first-order valence-electron chi connectivity index (χ1n) is 7.48. The van der Waals surface area contributed by atoms with E-state index in [9.17, 15) is 18.0 Å². The first kappa shape index (κ1) is 17.0. The summed E-state index contributed by atoms with van der Waals surface area (Å²) < 4.78 is 29.1. The average molecular weight is 360 g/mol. The highest BCUT2D eigenvalue weighted by molar-refractivity contribution is 7.90. The molecule has 1 heterocycles. The molecule has 1 aliphatic rings. The van der Waals surface area contributed by atoms with E-state index in [0.717, 1.165) is 6.26 Å². The highest BCUT2D eigenvalue weighted by Crippen LogP contribution is 2.32. The minimum atomic E-state index is -3.54. The van der Waals surface area contributed by atoms with Crippen molar-refractivity contribution in [1.29, 1.82) is 0 Å². The Balaban J connectivity index is 1.88. The van der Waals surface area contributed by atoms with E-state index in [4.69, 9.17) is 4.74 Å². The molecule has 0 aliphatic carbocycles. The van der Waals surface area contributed by atoms with E-state index in [0.29, 0.717) is 17.1 Å². The summed E-state index contributed by atoms with van der Waals surface area (Å²) in [5, 5.41) is 5.32. The maximum atomic E-state index is 12.5. The molecule has 0 saturated carbocycles. The predicted octanol–water partition coefficient (Wildman–Crippen LogP) is 2.06. The predicted molar refractivity (Wildman–Crippen MR) is 92.7 cm³/mol. The van der Waals surface area contributed by atoms with Crippen LogP contribution in [0.5, 0.6) is 5.75 Å². The Morgan fingerprint density at radius 2 is 1.92 bits per heavy atom. The number of hydrogen-bond acceptors (Lipinski definition) is 5. The molecule has 3 rings (SSSR count). The van der Waals surface area contributed by atoms with Gasteiger partial charge in [-0.15, -0.1) is 0 Å². The van der Waals surface area contributed by atoms with E-state index in [1.807, 2.05) is 0 Å². The van der Waals surface area contributed by atoms with Crippen molar-refractivity contribution >= 4 is 33.0 Å². The second-order valence-electron chi connectivity index (χ2n) is 5.68. The largest absolute Gasteiger partial charge is 0.479 e. The number of anilines is 2. The number of sulfone groups is 1. The summed E-state index contributed by atoms with van der Waals surface area (Å²) in [5.74, 6) is -0.336. The number of benzene rings is 2. The van der Waals surface area contributed by atoms with Gasteiger partial charge in [0.15, 0.2) is 15.9 Å². The van der Waals surface area contributed by atoms with E-state index in [-0.39, 0.29) is 16.4 Å². The Labute approximate surface area is 144 Å². The van der Waals surface area contributed by atoms with Crippen LogP contribution in [0.15, 0.2) is 47.4 Å². The van der Waals surface area contributed by atoms with Crippen LogP contribution in [0, 0.1) is 0 Å². The van der Waals surface area contributed by atoms with E-state index >= 15 is 0 Å². The van der Waals surface area contributed by atoms with Crippen LogP contribution in [0.4, 0.5) is 11.4 Å². The molecule has 130 valence electrons. The second kappa shape index (κ2) is 6.21. The molecule has 2 aromatic rings. The maximum absolute atomic E-state index is 12.5. The SMILES string of the molecule is CC1Oc2ccc(NC(=O)c3ccccc3S(C)(=O)=O)cc2NC1=O. The van der Waals surface area contributed by atoms with Gasteiger partial charge in [-0.1, -0.05) is 12.1 Å². The lowest BCUT2D eigenvalue weighted by Gasteiger charge is -2.23. The molecule has 0 saturated heterocycles. The molecule has 2 aromatic carbocycles. The summed E-state index contributed by atoms with van der Waals surface area (Å²) in [7, 11) is -3.54. The molecule has 0 fully saturated rings. The number of hydrogen-bond donors (Lipinski definition) is 2. The number of ether oxygens (including phenoxy) is 1. The van der Waals surface area contributed by atoms with E-state index in [1.165, 1.54) is 12.1 Å². The van der Waals surface area contributed by atoms with Gasteiger partial charge in [0.1, 0.15) is 5.75 Å². The first-order chi connectivity index (χ1) is 11.8. The van der Waals surface area contributed by atoms with Crippen LogP contribution in [0.2, 0.25) is 0 Å². The lowest BCUT2D eigenvalue weighted by atomic mass is 10.2. The number of amides is 2. The van der Waals surface area contributed by atoms with Gasteiger partial charge in [0.2, 0.25) is 0 Å². The summed E-state index contributed by atoms with van der Waals surface area (Å²) in [5.41, 5.74) is 0.902. The molecular weight excluding hydrogens is 344 g/mol. The van der Waals surface area contributed by atoms with Crippen LogP contribution in [0.25, 0.3) is 0 Å². The van der Waals surface area contributed by atoms with Crippen LogP contribution in [0.3, 0.4) is 0 Å². The molecule has 1 aliphatic heterocycles. The van der Waals surface area contributed by atoms with E-state index in [1.54, 1.807) is 37.3 Å². The highest BCUT2D eigenvalue weighted by atomic mass is 32.2. The molecular formula is C17H16N2O5S. The Morgan fingerprint density at radius 1 is 1.20 bits per heavy atom. The zero-order valence-corrected chi connectivity index (χ0v) is 14.4. The lowest BCUT2D eigenvalue weighted by Crippen LogP contribution is -2.34. The van der Waals surface area contributed by atoms with E-state index < -0.39 is 21.8 Å². The fourth-order valence-corrected chi connectivity index (χ4v) is 3.35. The highest BCUT2D eigenvalue weighted by Gasteiger charge is 2.24. The smallest absolute Gasteiger partial charge is 0.265 e. The minimum absolute atomic E-state index is 0.0454. The van der Waals surface area contributed by atoms with Crippen LogP contribution >= 0.6 is 0 Å². The number of nitrogens with one attached hydrogen (secondary N) is 2. The monoisotopic (exact) mass is 360 g/mol. The van der Waals surface area contributed by atoms with Crippen LogP contribution in [-0.2, 0) is 14.6 Å². The third kappa shape index (κ3) is 3.48. The third-order valence-corrected chi connectivity index (χ3v) is 4.85. The fraction of sp³-hybridized carbons (Fsp3) is 0.176. The number of carbonyl (C=O) groups is 2. The fourth-order valence-electron chi connectivity index (χ4n) is 2.46. The van der Waals surface area contributed by atoms with Gasteiger partial charge in [-0.25, -0.2) is 8.42 Å². The Kier molecular flexibility index (Phi) is 4.22. The van der Waals surface area contributed by atoms with Crippen molar-refractivity contribution in [2.45, 2.75) is 17.9 Å². The van der Waals surface area contributed by atoms with Gasteiger partial charge in [0.05, 0.1) is 16.1 Å². The summed E-state index contributed by atoms with van der Waals surface area (Å²) in [6.45, 7) is 1.63. The minimum Gasteiger partial charge on any atom is -0.479 e. The number of rotatable bonds is 3. The van der Waals surface area contributed by atoms with Crippen molar-refractivity contribution in [3.05, 3.63) is 48.0 Å². The Bertz CT molecular complexity index is 969. The van der Waals surface area contributed by atoms with Crippen molar-refractivity contribution in [2.24, 2.45) is 0 Å². The zero-order chi connectivity index (χ0) is 18.2. The second-order valence-corrected chi connectivity index (χ2v) is 7.67. The van der Waals surface area contributed by atoms with Gasteiger partial charge in [0.25, 0.3) is 11.8 Å². The molecule has 7 nitrogen and oxygen atoms in total. The lowest BCUT2D eigenvalue weighted by molar-refractivity contribution is -0.122. The number of fused-ring (bicyclic) bond motifs is 1. The summed E-state index contributed by atoms with van der Waals surface area (Å²) in [6, 6.07) is 10.8. The van der Waals surface area contributed by atoms with Gasteiger partial charge in [-0.05, 0) is 37.3 Å². The van der Waals surface area contributed by atoms with Crippen molar-refractivity contribution < 1.29 is 22.7 Å². The quantitative estimate of drug-likeness (QED) is 0.872. The summed E-state index contributed by atoms with van der Waals surface area (Å²) in [4.78, 5) is 24.1. The molecule has 0 aromatic heterocycles. The molecule has 1 atom stereocenters. The third-order valence-electron chi connectivity index (χ3n) is 3.70.